The molecule has 31 heavy (non-hydrogen) atoms. The number of ether oxygens (including phenoxy) is 2. The van der Waals surface area contributed by atoms with E-state index in [9.17, 15) is 9.18 Å². The van der Waals surface area contributed by atoms with Crippen LogP contribution in [0.4, 0.5) is 4.39 Å². The SMILES string of the molecule is Cc1ccc(OCc2nc(CC(=O)OCc3csc(-c4ccc(F)cc4)n3)cs2)cc1. The van der Waals surface area contributed by atoms with Gasteiger partial charge < -0.3 is 9.47 Å². The van der Waals surface area contributed by atoms with Crippen LogP contribution in [0.1, 0.15) is 22.0 Å². The van der Waals surface area contributed by atoms with Gasteiger partial charge in [0.2, 0.25) is 0 Å². The predicted molar refractivity (Wildman–Crippen MR) is 119 cm³/mol. The highest BCUT2D eigenvalue weighted by Crippen LogP contribution is 2.24. The van der Waals surface area contributed by atoms with Crippen molar-refractivity contribution in [3.05, 3.63) is 87.1 Å². The number of esters is 1. The minimum Gasteiger partial charge on any atom is -0.486 e. The summed E-state index contributed by atoms with van der Waals surface area (Å²) < 4.78 is 24.1. The van der Waals surface area contributed by atoms with E-state index in [4.69, 9.17) is 9.47 Å². The van der Waals surface area contributed by atoms with E-state index in [2.05, 4.69) is 9.97 Å². The molecule has 0 unspecified atom stereocenters. The second-order valence-corrected chi connectivity index (χ2v) is 8.62. The van der Waals surface area contributed by atoms with Gasteiger partial charge in [-0.05, 0) is 43.3 Å². The van der Waals surface area contributed by atoms with Crippen molar-refractivity contribution in [3.8, 4) is 16.3 Å². The molecule has 5 nitrogen and oxygen atoms in total. The van der Waals surface area contributed by atoms with E-state index in [1.807, 2.05) is 41.9 Å². The Morgan fingerprint density at radius 1 is 0.935 bits per heavy atom. The fraction of sp³-hybridized carbons (Fsp3) is 0.174. The van der Waals surface area contributed by atoms with Crippen LogP contribution in [0.2, 0.25) is 0 Å². The summed E-state index contributed by atoms with van der Waals surface area (Å²) in [6.07, 6.45) is 0.0932. The Hall–Kier alpha value is -3.10. The van der Waals surface area contributed by atoms with Gasteiger partial charge in [0.15, 0.2) is 0 Å². The summed E-state index contributed by atoms with van der Waals surface area (Å²) in [5.41, 5.74) is 3.31. The fourth-order valence-electron chi connectivity index (χ4n) is 2.73. The van der Waals surface area contributed by atoms with Gasteiger partial charge in [-0.25, -0.2) is 14.4 Å². The maximum absolute atomic E-state index is 13.0. The van der Waals surface area contributed by atoms with E-state index in [-0.39, 0.29) is 24.8 Å². The third-order valence-corrected chi connectivity index (χ3v) is 6.14. The summed E-state index contributed by atoms with van der Waals surface area (Å²) in [5.74, 6) is 0.124. The molecule has 0 spiro atoms. The van der Waals surface area contributed by atoms with E-state index in [1.165, 1.54) is 40.4 Å². The van der Waals surface area contributed by atoms with E-state index < -0.39 is 0 Å². The van der Waals surface area contributed by atoms with E-state index in [0.717, 1.165) is 21.3 Å². The summed E-state index contributed by atoms with van der Waals surface area (Å²) >= 11 is 2.87. The highest BCUT2D eigenvalue weighted by Gasteiger charge is 2.12. The number of carbonyl (C=O) groups excluding carboxylic acids is 1. The minimum atomic E-state index is -0.368. The molecular formula is C23H19FN2O3S2. The number of aryl methyl sites for hydroxylation is 1. The second-order valence-electron chi connectivity index (χ2n) is 6.82. The molecule has 0 amide bonds. The molecule has 0 bridgehead atoms. The maximum Gasteiger partial charge on any atom is 0.312 e. The van der Waals surface area contributed by atoms with Crippen LogP contribution in [0.15, 0.2) is 59.3 Å². The Labute approximate surface area is 187 Å². The Kier molecular flexibility index (Phi) is 6.69. The van der Waals surface area contributed by atoms with Gasteiger partial charge in [0, 0.05) is 16.3 Å². The normalized spacial score (nSPS) is 10.8. The Balaban J connectivity index is 1.25. The van der Waals surface area contributed by atoms with E-state index in [0.29, 0.717) is 18.0 Å². The molecule has 0 aliphatic carbocycles. The van der Waals surface area contributed by atoms with Crippen LogP contribution in [-0.2, 0) is 29.2 Å². The molecule has 0 radical (unpaired) electrons. The van der Waals surface area contributed by atoms with Crippen LogP contribution < -0.4 is 4.74 Å². The van der Waals surface area contributed by atoms with Crippen LogP contribution in [0.3, 0.4) is 0 Å². The van der Waals surface area contributed by atoms with Gasteiger partial charge in [0.1, 0.15) is 34.8 Å². The van der Waals surface area contributed by atoms with Gasteiger partial charge in [0.05, 0.1) is 17.8 Å². The van der Waals surface area contributed by atoms with Crippen molar-refractivity contribution in [3.63, 3.8) is 0 Å². The number of carbonyl (C=O) groups is 1. The molecule has 0 saturated heterocycles. The number of nitrogens with zero attached hydrogens (tertiary/aromatic N) is 2. The quantitative estimate of drug-likeness (QED) is 0.325. The number of halogens is 1. The van der Waals surface area contributed by atoms with Crippen molar-refractivity contribution in [2.45, 2.75) is 26.6 Å². The van der Waals surface area contributed by atoms with Crippen molar-refractivity contribution >= 4 is 28.6 Å². The molecule has 0 atom stereocenters. The van der Waals surface area contributed by atoms with Gasteiger partial charge in [-0.3, -0.25) is 4.79 Å². The van der Waals surface area contributed by atoms with Gasteiger partial charge in [-0.2, -0.15) is 0 Å². The third-order valence-electron chi connectivity index (χ3n) is 4.33. The molecule has 4 aromatic rings. The molecular weight excluding hydrogens is 435 g/mol. The minimum absolute atomic E-state index is 0.0874. The van der Waals surface area contributed by atoms with Crippen molar-refractivity contribution in [1.82, 2.24) is 9.97 Å². The Morgan fingerprint density at radius 2 is 1.68 bits per heavy atom. The molecule has 8 heteroatoms. The highest BCUT2D eigenvalue weighted by molar-refractivity contribution is 7.13. The zero-order valence-electron chi connectivity index (χ0n) is 16.7. The van der Waals surface area contributed by atoms with E-state index >= 15 is 0 Å². The summed E-state index contributed by atoms with van der Waals surface area (Å²) in [6.45, 7) is 2.46. The van der Waals surface area contributed by atoms with Crippen LogP contribution >= 0.6 is 22.7 Å². The lowest BCUT2D eigenvalue weighted by molar-refractivity contribution is -0.144. The highest BCUT2D eigenvalue weighted by atomic mass is 32.1. The second kappa shape index (κ2) is 9.80. The standard InChI is InChI=1S/C23H19FN2O3S2/c1-15-2-8-20(9-3-15)28-12-21-25-18(13-30-21)10-22(27)29-11-19-14-31-23(26-19)16-4-6-17(24)7-5-16/h2-9,13-14H,10-12H2,1H3. The number of thiazole rings is 2. The first-order valence-electron chi connectivity index (χ1n) is 9.54. The van der Waals surface area contributed by atoms with E-state index in [1.54, 1.807) is 12.1 Å². The summed E-state index contributed by atoms with van der Waals surface area (Å²) in [7, 11) is 0. The summed E-state index contributed by atoms with van der Waals surface area (Å²) in [4.78, 5) is 21.0. The van der Waals surface area contributed by atoms with Gasteiger partial charge in [-0.15, -0.1) is 22.7 Å². The number of aromatic nitrogens is 2. The first-order chi connectivity index (χ1) is 15.0. The smallest absolute Gasteiger partial charge is 0.312 e. The van der Waals surface area contributed by atoms with Crippen molar-refractivity contribution in [2.75, 3.05) is 0 Å². The number of rotatable bonds is 8. The maximum atomic E-state index is 13.0. The molecule has 0 N–H and O–H groups in total. The van der Waals surface area contributed by atoms with Crippen molar-refractivity contribution < 1.29 is 18.7 Å². The zero-order valence-corrected chi connectivity index (χ0v) is 18.3. The summed E-state index contributed by atoms with van der Waals surface area (Å²) in [5, 5.41) is 5.22. The molecule has 2 aromatic heterocycles. The first-order valence-corrected chi connectivity index (χ1v) is 11.3. The lowest BCUT2D eigenvalue weighted by Crippen LogP contribution is -2.08. The molecule has 0 aliphatic heterocycles. The van der Waals surface area contributed by atoms with Crippen LogP contribution in [0.25, 0.3) is 10.6 Å². The molecule has 0 aliphatic rings. The molecule has 158 valence electrons. The van der Waals surface area contributed by atoms with Crippen LogP contribution in [-0.4, -0.2) is 15.9 Å². The average Bonchev–Trinajstić information content (AvgIpc) is 3.42. The molecule has 0 saturated carbocycles. The number of hydrogen-bond donors (Lipinski definition) is 0. The summed E-state index contributed by atoms with van der Waals surface area (Å²) in [6, 6.07) is 13.9. The predicted octanol–water partition coefficient (Wildman–Crippen LogP) is 5.58. The lowest BCUT2D eigenvalue weighted by Gasteiger charge is -2.04. The van der Waals surface area contributed by atoms with Gasteiger partial charge in [-0.1, -0.05) is 17.7 Å². The van der Waals surface area contributed by atoms with Crippen molar-refractivity contribution in [1.29, 1.82) is 0 Å². The zero-order chi connectivity index (χ0) is 21.6. The van der Waals surface area contributed by atoms with Gasteiger partial charge in [0.25, 0.3) is 0 Å². The van der Waals surface area contributed by atoms with Gasteiger partial charge >= 0.3 is 5.97 Å². The molecule has 2 heterocycles. The molecule has 0 fully saturated rings. The van der Waals surface area contributed by atoms with Crippen molar-refractivity contribution in [2.24, 2.45) is 0 Å². The number of benzene rings is 2. The van der Waals surface area contributed by atoms with Crippen LogP contribution in [0, 0.1) is 12.7 Å². The Bertz CT molecular complexity index is 1150. The molecule has 2 aromatic carbocycles. The fourth-order valence-corrected chi connectivity index (χ4v) is 4.24. The lowest BCUT2D eigenvalue weighted by atomic mass is 10.2. The third kappa shape index (κ3) is 5.96. The topological polar surface area (TPSA) is 61.3 Å². The van der Waals surface area contributed by atoms with Crippen LogP contribution in [0.5, 0.6) is 5.75 Å². The first kappa shape index (κ1) is 21.1. The monoisotopic (exact) mass is 454 g/mol. The largest absolute Gasteiger partial charge is 0.486 e. The molecule has 4 rings (SSSR count). The Morgan fingerprint density at radius 3 is 2.45 bits per heavy atom. The average molecular weight is 455 g/mol. The number of hydrogen-bond acceptors (Lipinski definition) is 7.